The van der Waals surface area contributed by atoms with Gasteiger partial charge in [0.15, 0.2) is 0 Å². The van der Waals surface area contributed by atoms with E-state index < -0.39 is 11.4 Å². The Balaban J connectivity index is 2.98. The Bertz CT molecular complexity index is 103. The molecule has 0 rings (SSSR count). The molecule has 1 unspecified atom stereocenters. The van der Waals surface area contributed by atoms with Gasteiger partial charge in [0.2, 0.25) is 0 Å². The fourth-order valence-corrected chi connectivity index (χ4v) is 0.872. The highest BCUT2D eigenvalue weighted by molar-refractivity contribution is 7.74. The lowest BCUT2D eigenvalue weighted by Gasteiger charge is -2.06. The predicted octanol–water partition coefficient (Wildman–Crippen LogP) is 1.23. The smallest absolute Gasteiger partial charge is 0.0842 e. The quantitative estimate of drug-likeness (QED) is 0.455. The number of hydrogen-bond donors (Lipinski definition) is 0. The first-order valence-electron chi connectivity index (χ1n) is 3.35. The Morgan fingerprint density at radius 1 is 1.60 bits per heavy atom. The SMILES string of the molecule is CC(C)CCCOS(=O)[O-]. The standard InChI is InChI=1S/C6H14O3S/c1-6(2)4-3-5-9-10(7)8/h6H,3-5H2,1-2H3,(H,7,8)/p-1. The van der Waals surface area contributed by atoms with Crippen molar-refractivity contribution >= 4 is 11.4 Å². The Labute approximate surface area is 64.3 Å². The van der Waals surface area contributed by atoms with Gasteiger partial charge in [-0.15, -0.1) is 0 Å². The van der Waals surface area contributed by atoms with Crippen LogP contribution in [0.25, 0.3) is 0 Å². The molecule has 0 aliphatic heterocycles. The second kappa shape index (κ2) is 5.82. The minimum atomic E-state index is -2.33. The molecule has 4 heteroatoms. The zero-order chi connectivity index (χ0) is 7.98. The first-order chi connectivity index (χ1) is 4.63. The maximum absolute atomic E-state index is 9.82. The molecule has 10 heavy (non-hydrogen) atoms. The van der Waals surface area contributed by atoms with Crippen molar-refractivity contribution in [3.8, 4) is 0 Å². The second-order valence-corrected chi connectivity index (χ2v) is 3.21. The largest absolute Gasteiger partial charge is 0.750 e. The third-order valence-electron chi connectivity index (χ3n) is 1.11. The van der Waals surface area contributed by atoms with Crippen LogP contribution in [-0.4, -0.2) is 15.4 Å². The normalized spacial score (nSPS) is 14.0. The van der Waals surface area contributed by atoms with E-state index in [-0.39, 0.29) is 0 Å². The van der Waals surface area contributed by atoms with Crippen molar-refractivity contribution in [3.63, 3.8) is 0 Å². The van der Waals surface area contributed by atoms with Gasteiger partial charge >= 0.3 is 0 Å². The van der Waals surface area contributed by atoms with Crippen LogP contribution in [0.15, 0.2) is 0 Å². The van der Waals surface area contributed by atoms with Gasteiger partial charge in [-0.25, -0.2) is 4.21 Å². The highest BCUT2D eigenvalue weighted by atomic mass is 32.2. The third kappa shape index (κ3) is 8.07. The lowest BCUT2D eigenvalue weighted by Crippen LogP contribution is -1.99. The summed E-state index contributed by atoms with van der Waals surface area (Å²) in [6.07, 6.45) is 1.82. The van der Waals surface area contributed by atoms with E-state index in [0.717, 1.165) is 12.8 Å². The predicted molar refractivity (Wildman–Crippen MR) is 38.9 cm³/mol. The van der Waals surface area contributed by atoms with Crippen LogP contribution in [0.5, 0.6) is 0 Å². The van der Waals surface area contributed by atoms with Crippen molar-refractivity contribution in [3.05, 3.63) is 0 Å². The molecule has 0 aliphatic rings. The zero-order valence-electron chi connectivity index (χ0n) is 6.33. The fraction of sp³-hybridized carbons (Fsp3) is 1.00. The van der Waals surface area contributed by atoms with Crippen molar-refractivity contribution in [2.24, 2.45) is 5.92 Å². The van der Waals surface area contributed by atoms with E-state index in [1.54, 1.807) is 0 Å². The maximum Gasteiger partial charge on any atom is 0.0842 e. The minimum absolute atomic E-state index is 0.314. The van der Waals surface area contributed by atoms with E-state index in [0.29, 0.717) is 12.5 Å². The number of hydrogen-bond acceptors (Lipinski definition) is 3. The van der Waals surface area contributed by atoms with E-state index in [4.69, 9.17) is 0 Å². The topological polar surface area (TPSA) is 49.4 Å². The molecule has 0 fully saturated rings. The fourth-order valence-electron chi connectivity index (χ4n) is 0.619. The van der Waals surface area contributed by atoms with E-state index in [1.807, 2.05) is 0 Å². The molecule has 0 aromatic carbocycles. The third-order valence-corrected chi connectivity index (χ3v) is 1.46. The van der Waals surface area contributed by atoms with E-state index >= 15 is 0 Å². The molecule has 0 amide bonds. The zero-order valence-corrected chi connectivity index (χ0v) is 7.15. The average molecular weight is 165 g/mol. The highest BCUT2D eigenvalue weighted by Gasteiger charge is 1.93. The molecule has 0 saturated heterocycles. The molecule has 3 nitrogen and oxygen atoms in total. The molecule has 0 aliphatic carbocycles. The van der Waals surface area contributed by atoms with Crippen molar-refractivity contribution < 1.29 is 12.9 Å². The lowest BCUT2D eigenvalue weighted by atomic mass is 10.1. The lowest BCUT2D eigenvalue weighted by molar-refractivity contribution is 0.285. The summed E-state index contributed by atoms with van der Waals surface area (Å²) in [6, 6.07) is 0. The Morgan fingerprint density at radius 2 is 2.20 bits per heavy atom. The molecule has 0 bridgehead atoms. The molecule has 0 radical (unpaired) electrons. The average Bonchev–Trinajstić information content (AvgIpc) is 1.79. The van der Waals surface area contributed by atoms with Crippen molar-refractivity contribution in [2.75, 3.05) is 6.61 Å². The van der Waals surface area contributed by atoms with Crippen LogP contribution in [0.3, 0.4) is 0 Å². The molecule has 1 atom stereocenters. The van der Waals surface area contributed by atoms with Crippen LogP contribution in [0.1, 0.15) is 26.7 Å². The second-order valence-electron chi connectivity index (χ2n) is 2.56. The van der Waals surface area contributed by atoms with Gasteiger partial charge < -0.3 is 8.74 Å². The molecular formula is C6H13O3S-. The van der Waals surface area contributed by atoms with Crippen LogP contribution in [0.4, 0.5) is 0 Å². The number of rotatable bonds is 5. The summed E-state index contributed by atoms with van der Waals surface area (Å²) >= 11 is -2.33. The van der Waals surface area contributed by atoms with Crippen LogP contribution in [0.2, 0.25) is 0 Å². The molecular weight excluding hydrogens is 152 g/mol. The van der Waals surface area contributed by atoms with E-state index in [1.165, 1.54) is 0 Å². The molecule has 62 valence electrons. The molecule has 0 spiro atoms. The van der Waals surface area contributed by atoms with Crippen LogP contribution >= 0.6 is 0 Å². The van der Waals surface area contributed by atoms with E-state index in [2.05, 4.69) is 18.0 Å². The monoisotopic (exact) mass is 165 g/mol. The summed E-state index contributed by atoms with van der Waals surface area (Å²) in [7, 11) is 0. The summed E-state index contributed by atoms with van der Waals surface area (Å²) in [4.78, 5) is 0. The maximum atomic E-state index is 9.82. The van der Waals surface area contributed by atoms with Gasteiger partial charge in [-0.1, -0.05) is 13.8 Å². The molecule has 0 N–H and O–H groups in total. The van der Waals surface area contributed by atoms with Crippen molar-refractivity contribution in [1.82, 2.24) is 0 Å². The molecule has 0 heterocycles. The van der Waals surface area contributed by atoms with Gasteiger partial charge in [-0.3, -0.25) is 0 Å². The Morgan fingerprint density at radius 3 is 2.60 bits per heavy atom. The first-order valence-corrected chi connectivity index (χ1v) is 4.35. The Hall–Kier alpha value is 0.0700. The molecule has 0 aromatic rings. The van der Waals surface area contributed by atoms with E-state index in [9.17, 15) is 8.76 Å². The van der Waals surface area contributed by atoms with Gasteiger partial charge in [0.05, 0.1) is 18.0 Å². The van der Waals surface area contributed by atoms with Gasteiger partial charge in [0, 0.05) is 0 Å². The van der Waals surface area contributed by atoms with Gasteiger partial charge in [-0.2, -0.15) is 0 Å². The van der Waals surface area contributed by atoms with Crippen LogP contribution < -0.4 is 0 Å². The van der Waals surface area contributed by atoms with Crippen molar-refractivity contribution in [2.45, 2.75) is 26.7 Å². The van der Waals surface area contributed by atoms with Crippen LogP contribution in [0, 0.1) is 5.92 Å². The van der Waals surface area contributed by atoms with Gasteiger partial charge in [-0.05, 0) is 18.8 Å². The molecule has 0 aromatic heterocycles. The minimum Gasteiger partial charge on any atom is -0.750 e. The van der Waals surface area contributed by atoms with Crippen molar-refractivity contribution in [1.29, 1.82) is 0 Å². The summed E-state index contributed by atoms with van der Waals surface area (Å²) in [6.45, 7) is 4.50. The highest BCUT2D eigenvalue weighted by Crippen LogP contribution is 2.03. The van der Waals surface area contributed by atoms with Crippen LogP contribution in [-0.2, 0) is 15.5 Å². The summed E-state index contributed by atoms with van der Waals surface area (Å²) in [5.74, 6) is 0.615. The first kappa shape index (κ1) is 10.1. The summed E-state index contributed by atoms with van der Waals surface area (Å²) in [5.41, 5.74) is 0. The Kier molecular flexibility index (Phi) is 5.87. The molecule has 0 saturated carbocycles. The summed E-state index contributed by atoms with van der Waals surface area (Å²) in [5, 5.41) is 0. The summed E-state index contributed by atoms with van der Waals surface area (Å²) < 4.78 is 24.0. The van der Waals surface area contributed by atoms with Gasteiger partial charge in [0.1, 0.15) is 0 Å². The van der Waals surface area contributed by atoms with Gasteiger partial charge in [0.25, 0.3) is 0 Å².